The molecule has 142 valence electrons. The van der Waals surface area contributed by atoms with E-state index in [2.05, 4.69) is 37.7 Å². The van der Waals surface area contributed by atoms with Gasteiger partial charge in [-0.1, -0.05) is 25.3 Å². The summed E-state index contributed by atoms with van der Waals surface area (Å²) in [6.07, 6.45) is 7.18. The topological polar surface area (TPSA) is 42.1 Å². The van der Waals surface area contributed by atoms with Gasteiger partial charge in [0.05, 0.1) is 13.2 Å². The fourth-order valence-electron chi connectivity index (χ4n) is 4.08. The monoisotopic (exact) mass is 392 g/mol. The van der Waals surface area contributed by atoms with Crippen molar-refractivity contribution in [3.05, 3.63) is 27.2 Å². The number of hydrogen-bond acceptors (Lipinski definition) is 6. The minimum atomic E-state index is 0.711. The number of rotatable bonds is 6. The van der Waals surface area contributed by atoms with Gasteiger partial charge in [0.15, 0.2) is 0 Å². The van der Waals surface area contributed by atoms with Gasteiger partial charge in [0, 0.05) is 37.6 Å². The fourth-order valence-corrected chi connectivity index (χ4v) is 4.96. The van der Waals surface area contributed by atoms with Gasteiger partial charge >= 0.3 is 0 Å². The summed E-state index contributed by atoms with van der Waals surface area (Å²) < 4.78 is 4.39. The van der Waals surface area contributed by atoms with Crippen LogP contribution in [0.2, 0.25) is 0 Å². The molecule has 0 spiro atoms. The Morgan fingerprint density at radius 1 is 1.00 bits per heavy atom. The van der Waals surface area contributed by atoms with Gasteiger partial charge in [-0.25, -0.2) is 9.36 Å². The van der Waals surface area contributed by atoms with Gasteiger partial charge in [-0.3, -0.25) is 4.90 Å². The molecule has 6 nitrogen and oxygen atoms in total. The molecule has 0 radical (unpaired) electrons. The maximum atomic E-state index is 5.57. The first-order valence-electron chi connectivity index (χ1n) is 9.75. The summed E-state index contributed by atoms with van der Waals surface area (Å²) in [6.45, 7) is 7.26. The minimum absolute atomic E-state index is 0.711. The molecule has 26 heavy (non-hydrogen) atoms. The molecule has 0 N–H and O–H groups in total. The molecule has 8 heteroatoms. The summed E-state index contributed by atoms with van der Waals surface area (Å²) in [5, 5.41) is 10.6. The molecule has 4 rings (SSSR count). The van der Waals surface area contributed by atoms with Gasteiger partial charge in [0.2, 0.25) is 4.77 Å². The lowest BCUT2D eigenvalue weighted by Gasteiger charge is -2.37. The van der Waals surface area contributed by atoms with Crippen LogP contribution in [0.15, 0.2) is 17.5 Å². The van der Waals surface area contributed by atoms with Gasteiger partial charge < -0.3 is 4.90 Å². The molecule has 2 aliphatic rings. The first-order chi connectivity index (χ1) is 12.8. The van der Waals surface area contributed by atoms with Crippen LogP contribution in [0, 0.1) is 10.7 Å². The van der Waals surface area contributed by atoms with Crippen molar-refractivity contribution in [1.29, 1.82) is 0 Å². The molecular formula is C18H28N6S2. The SMILES string of the molecule is S=c1n(Cc2cccs2)nnn1CN1CCN(CC2CCCCC2)CC1. The van der Waals surface area contributed by atoms with Crippen LogP contribution in [0.3, 0.4) is 0 Å². The standard InChI is InChI=1S/C18H28N6S2/c25-18-23(14-17-7-4-12-26-17)19-20-24(18)15-22-10-8-21(9-11-22)13-16-5-2-1-3-6-16/h4,7,12,16H,1-3,5-6,8-11,13-15H2. The molecule has 2 aromatic rings. The van der Waals surface area contributed by atoms with Crippen molar-refractivity contribution in [3.63, 3.8) is 0 Å². The first-order valence-corrected chi connectivity index (χ1v) is 11.0. The highest BCUT2D eigenvalue weighted by Crippen LogP contribution is 2.24. The third-order valence-electron chi connectivity index (χ3n) is 5.62. The van der Waals surface area contributed by atoms with Crippen LogP contribution in [0.1, 0.15) is 37.0 Å². The third-order valence-corrected chi connectivity index (χ3v) is 6.91. The first kappa shape index (κ1) is 18.3. The van der Waals surface area contributed by atoms with Gasteiger partial charge in [0.25, 0.3) is 0 Å². The second kappa shape index (κ2) is 8.73. The molecular weight excluding hydrogens is 364 g/mol. The zero-order chi connectivity index (χ0) is 17.8. The van der Waals surface area contributed by atoms with E-state index < -0.39 is 0 Å². The van der Waals surface area contributed by atoms with Crippen LogP contribution in [0.5, 0.6) is 0 Å². The van der Waals surface area contributed by atoms with E-state index in [1.54, 1.807) is 11.3 Å². The largest absolute Gasteiger partial charge is 0.301 e. The predicted molar refractivity (Wildman–Crippen MR) is 107 cm³/mol. The quantitative estimate of drug-likeness (QED) is 0.707. The number of tetrazole rings is 1. The lowest BCUT2D eigenvalue weighted by Crippen LogP contribution is -2.48. The average Bonchev–Trinajstić information content (AvgIpc) is 3.30. The molecule has 1 saturated heterocycles. The maximum absolute atomic E-state index is 5.57. The molecule has 0 atom stereocenters. The zero-order valence-electron chi connectivity index (χ0n) is 15.3. The van der Waals surface area contributed by atoms with Crippen molar-refractivity contribution >= 4 is 23.6 Å². The number of hydrogen-bond donors (Lipinski definition) is 0. The lowest BCUT2D eigenvalue weighted by molar-refractivity contribution is 0.0858. The van der Waals surface area contributed by atoms with E-state index in [0.717, 1.165) is 38.8 Å². The van der Waals surface area contributed by atoms with Crippen LogP contribution in [-0.2, 0) is 13.2 Å². The summed E-state index contributed by atoms with van der Waals surface area (Å²) in [7, 11) is 0. The van der Waals surface area contributed by atoms with E-state index >= 15 is 0 Å². The Bertz CT molecular complexity index is 723. The van der Waals surface area contributed by atoms with Crippen LogP contribution in [0.4, 0.5) is 0 Å². The molecule has 1 saturated carbocycles. The van der Waals surface area contributed by atoms with Crippen molar-refractivity contribution in [2.24, 2.45) is 5.92 Å². The van der Waals surface area contributed by atoms with E-state index in [1.165, 1.54) is 43.5 Å². The van der Waals surface area contributed by atoms with E-state index in [0.29, 0.717) is 11.3 Å². The number of thiophene rings is 1. The molecule has 0 bridgehead atoms. The Morgan fingerprint density at radius 3 is 2.46 bits per heavy atom. The molecule has 0 amide bonds. The molecule has 2 aromatic heterocycles. The fraction of sp³-hybridized carbons (Fsp3) is 0.722. The molecule has 0 unspecified atom stereocenters. The highest BCUT2D eigenvalue weighted by atomic mass is 32.1. The number of piperazine rings is 1. The van der Waals surface area contributed by atoms with Crippen molar-refractivity contribution in [2.75, 3.05) is 32.7 Å². The summed E-state index contributed by atoms with van der Waals surface area (Å²) >= 11 is 7.29. The molecule has 0 aromatic carbocycles. The Morgan fingerprint density at radius 2 is 1.73 bits per heavy atom. The van der Waals surface area contributed by atoms with Crippen molar-refractivity contribution in [3.8, 4) is 0 Å². The third kappa shape index (κ3) is 4.60. The number of aromatic nitrogens is 4. The Balaban J connectivity index is 1.26. The van der Waals surface area contributed by atoms with Crippen molar-refractivity contribution in [2.45, 2.75) is 45.3 Å². The summed E-state index contributed by atoms with van der Waals surface area (Å²) in [4.78, 5) is 6.35. The summed E-state index contributed by atoms with van der Waals surface area (Å²) in [6, 6.07) is 4.16. The second-order valence-electron chi connectivity index (χ2n) is 7.56. The Kier molecular flexibility index (Phi) is 6.14. The maximum Gasteiger partial charge on any atom is 0.217 e. The number of nitrogens with zero attached hydrogens (tertiary/aromatic N) is 6. The highest BCUT2D eigenvalue weighted by molar-refractivity contribution is 7.71. The Hall–Kier alpha value is -1.09. The van der Waals surface area contributed by atoms with Gasteiger partial charge in [0.1, 0.15) is 0 Å². The highest BCUT2D eigenvalue weighted by Gasteiger charge is 2.22. The summed E-state index contributed by atoms with van der Waals surface area (Å²) in [5.41, 5.74) is 0. The predicted octanol–water partition coefficient (Wildman–Crippen LogP) is 3.07. The minimum Gasteiger partial charge on any atom is -0.301 e. The van der Waals surface area contributed by atoms with E-state index in [1.807, 2.05) is 9.36 Å². The molecule has 2 fully saturated rings. The van der Waals surface area contributed by atoms with E-state index in [9.17, 15) is 0 Å². The molecule has 1 aliphatic carbocycles. The van der Waals surface area contributed by atoms with Crippen molar-refractivity contribution < 1.29 is 0 Å². The van der Waals surface area contributed by atoms with Gasteiger partial charge in [-0.05, 0) is 52.9 Å². The average molecular weight is 393 g/mol. The van der Waals surface area contributed by atoms with Gasteiger partial charge in [-0.15, -0.1) is 11.3 Å². The van der Waals surface area contributed by atoms with Crippen molar-refractivity contribution in [1.82, 2.24) is 29.6 Å². The molecule has 3 heterocycles. The van der Waals surface area contributed by atoms with Crippen LogP contribution in [-0.4, -0.2) is 62.3 Å². The molecule has 1 aliphatic heterocycles. The Labute approximate surface area is 164 Å². The zero-order valence-corrected chi connectivity index (χ0v) is 16.9. The van der Waals surface area contributed by atoms with Crippen LogP contribution < -0.4 is 0 Å². The van der Waals surface area contributed by atoms with Crippen LogP contribution >= 0.6 is 23.6 Å². The smallest absolute Gasteiger partial charge is 0.217 e. The van der Waals surface area contributed by atoms with Crippen LogP contribution in [0.25, 0.3) is 0 Å². The van der Waals surface area contributed by atoms with E-state index in [-0.39, 0.29) is 0 Å². The second-order valence-corrected chi connectivity index (χ2v) is 8.96. The summed E-state index contributed by atoms with van der Waals surface area (Å²) in [5.74, 6) is 0.932. The normalized spacial score (nSPS) is 20.6. The van der Waals surface area contributed by atoms with Gasteiger partial charge in [-0.2, -0.15) is 0 Å². The van der Waals surface area contributed by atoms with E-state index in [4.69, 9.17) is 12.2 Å². The lowest BCUT2D eigenvalue weighted by atomic mass is 9.89.